The highest BCUT2D eigenvalue weighted by Crippen LogP contribution is 2.25. The lowest BCUT2D eigenvalue weighted by Crippen LogP contribution is -2.42. The molecule has 2 aromatic carbocycles. The first-order chi connectivity index (χ1) is 13.3. The Morgan fingerprint density at radius 3 is 2.14 bits per heavy atom. The van der Waals surface area contributed by atoms with Crippen LogP contribution in [-0.4, -0.2) is 31.7 Å². The van der Waals surface area contributed by atoms with Crippen molar-refractivity contribution < 1.29 is 26.4 Å². The van der Waals surface area contributed by atoms with Gasteiger partial charge >= 0.3 is 0 Å². The summed E-state index contributed by atoms with van der Waals surface area (Å²) < 4.78 is 66.6. The number of carbonyl (C=O) groups excluding carboxylic acids is 1. The van der Waals surface area contributed by atoms with Gasteiger partial charge in [0.15, 0.2) is 0 Å². The van der Waals surface area contributed by atoms with Crippen molar-refractivity contribution in [3.63, 3.8) is 0 Å². The van der Waals surface area contributed by atoms with Gasteiger partial charge in [-0.25, -0.2) is 25.9 Å². The summed E-state index contributed by atoms with van der Waals surface area (Å²) in [7, 11) is -3.61. The van der Waals surface area contributed by atoms with Gasteiger partial charge in [0.1, 0.15) is 23.1 Å². The van der Waals surface area contributed by atoms with E-state index < -0.39 is 45.0 Å². The van der Waals surface area contributed by atoms with E-state index in [0.29, 0.717) is 5.56 Å². The molecule has 1 aliphatic rings. The lowest BCUT2D eigenvalue weighted by Gasteiger charge is -2.30. The van der Waals surface area contributed by atoms with Crippen LogP contribution in [0.2, 0.25) is 0 Å². The van der Waals surface area contributed by atoms with Crippen molar-refractivity contribution in [1.29, 1.82) is 0 Å². The van der Waals surface area contributed by atoms with E-state index in [1.807, 2.05) is 0 Å². The number of rotatable bonds is 5. The minimum atomic E-state index is -3.61. The van der Waals surface area contributed by atoms with Gasteiger partial charge in [0.2, 0.25) is 15.9 Å². The molecular weight excluding hydrogens is 393 g/mol. The second-order valence-electron chi connectivity index (χ2n) is 6.64. The van der Waals surface area contributed by atoms with E-state index in [1.165, 1.54) is 34.6 Å². The molecule has 1 amide bonds. The molecule has 9 heteroatoms. The first-order valence-electron chi connectivity index (χ1n) is 8.73. The number of para-hydroxylation sites is 1. The Labute approximate surface area is 161 Å². The third kappa shape index (κ3) is 4.71. The maximum Gasteiger partial charge on any atom is 0.227 e. The summed E-state index contributed by atoms with van der Waals surface area (Å²) in [5.41, 5.74) is -0.0323. The van der Waals surface area contributed by atoms with E-state index >= 15 is 0 Å². The molecule has 0 unspecified atom stereocenters. The van der Waals surface area contributed by atoms with Gasteiger partial charge < -0.3 is 5.32 Å². The summed E-state index contributed by atoms with van der Waals surface area (Å²) in [6, 6.07) is 8.51. The maximum absolute atomic E-state index is 13.7. The molecule has 150 valence electrons. The van der Waals surface area contributed by atoms with Gasteiger partial charge in [-0.05, 0) is 42.7 Å². The Kier molecular flexibility index (Phi) is 6.04. The van der Waals surface area contributed by atoms with E-state index in [4.69, 9.17) is 0 Å². The first kappa shape index (κ1) is 20.3. The average Bonchev–Trinajstić information content (AvgIpc) is 2.66. The number of amides is 1. The van der Waals surface area contributed by atoms with Gasteiger partial charge in [-0.1, -0.05) is 18.2 Å². The van der Waals surface area contributed by atoms with Crippen LogP contribution < -0.4 is 5.32 Å². The fourth-order valence-electron chi connectivity index (χ4n) is 3.12. The van der Waals surface area contributed by atoms with Crippen molar-refractivity contribution in [2.75, 3.05) is 18.4 Å². The third-order valence-electron chi connectivity index (χ3n) is 4.69. The van der Waals surface area contributed by atoms with Crippen LogP contribution in [0, 0.1) is 23.4 Å². The van der Waals surface area contributed by atoms with Gasteiger partial charge in [0.05, 0.1) is 5.75 Å². The van der Waals surface area contributed by atoms with Crippen molar-refractivity contribution in [3.05, 3.63) is 65.5 Å². The molecule has 2 aromatic rings. The molecule has 5 nitrogen and oxygen atoms in total. The monoisotopic (exact) mass is 412 g/mol. The van der Waals surface area contributed by atoms with E-state index in [2.05, 4.69) is 5.32 Å². The zero-order valence-electron chi connectivity index (χ0n) is 14.9. The molecule has 1 heterocycles. The molecule has 28 heavy (non-hydrogen) atoms. The van der Waals surface area contributed by atoms with Crippen LogP contribution >= 0.6 is 0 Å². The number of benzene rings is 2. The molecule has 0 saturated carbocycles. The summed E-state index contributed by atoms with van der Waals surface area (Å²) in [4.78, 5) is 12.3. The van der Waals surface area contributed by atoms with Gasteiger partial charge in [0, 0.05) is 19.0 Å². The molecule has 1 aliphatic heterocycles. The SMILES string of the molecule is O=C(Nc1c(F)cccc1F)C1CCN(S(=O)(=O)Cc2ccc(F)cc2)CC1. The first-order valence-corrected chi connectivity index (χ1v) is 10.3. The van der Waals surface area contributed by atoms with E-state index in [0.717, 1.165) is 12.1 Å². The predicted octanol–water partition coefficient (Wildman–Crippen LogP) is 3.28. The summed E-state index contributed by atoms with van der Waals surface area (Å²) >= 11 is 0. The summed E-state index contributed by atoms with van der Waals surface area (Å²) in [5, 5.41) is 2.25. The molecule has 0 aromatic heterocycles. The lowest BCUT2D eigenvalue weighted by molar-refractivity contribution is -0.121. The second kappa shape index (κ2) is 8.32. The Morgan fingerprint density at radius 1 is 1.00 bits per heavy atom. The fraction of sp³-hybridized carbons (Fsp3) is 0.316. The van der Waals surface area contributed by atoms with Crippen molar-refractivity contribution >= 4 is 21.6 Å². The number of halogens is 3. The molecule has 0 atom stereocenters. The topological polar surface area (TPSA) is 66.5 Å². The standard InChI is InChI=1S/C19H19F3N2O3S/c20-15-6-4-13(5-7-15)12-28(26,27)24-10-8-14(9-11-24)19(25)23-18-16(21)2-1-3-17(18)22/h1-7,14H,8-12H2,(H,23,25). The van der Waals surface area contributed by atoms with E-state index in [1.54, 1.807) is 0 Å². The predicted molar refractivity (Wildman–Crippen MR) is 98.3 cm³/mol. The number of hydrogen-bond donors (Lipinski definition) is 1. The number of anilines is 1. The largest absolute Gasteiger partial charge is 0.321 e. The van der Waals surface area contributed by atoms with Crippen molar-refractivity contribution in [2.45, 2.75) is 18.6 Å². The van der Waals surface area contributed by atoms with Crippen LogP contribution in [0.1, 0.15) is 18.4 Å². The number of carbonyl (C=O) groups is 1. The number of sulfonamides is 1. The normalized spacial score (nSPS) is 16.1. The number of hydrogen-bond acceptors (Lipinski definition) is 3. The van der Waals surface area contributed by atoms with Crippen LogP contribution in [0.3, 0.4) is 0 Å². The van der Waals surface area contributed by atoms with Gasteiger partial charge in [-0.3, -0.25) is 4.79 Å². The smallest absolute Gasteiger partial charge is 0.227 e. The summed E-state index contributed by atoms with van der Waals surface area (Å²) in [5.74, 6) is -3.53. The van der Waals surface area contributed by atoms with Crippen molar-refractivity contribution in [3.8, 4) is 0 Å². The number of nitrogens with zero attached hydrogens (tertiary/aromatic N) is 1. The van der Waals surface area contributed by atoms with Gasteiger partial charge in [0.25, 0.3) is 0 Å². The summed E-state index contributed by atoms with van der Waals surface area (Å²) in [6.45, 7) is 0.253. The zero-order valence-corrected chi connectivity index (χ0v) is 15.7. The Morgan fingerprint density at radius 2 is 1.57 bits per heavy atom. The molecule has 3 rings (SSSR count). The van der Waals surface area contributed by atoms with Crippen molar-refractivity contribution in [1.82, 2.24) is 4.31 Å². The third-order valence-corrected chi connectivity index (χ3v) is 6.54. The number of nitrogens with one attached hydrogen (secondary N) is 1. The molecule has 0 bridgehead atoms. The molecular formula is C19H19F3N2O3S. The van der Waals surface area contributed by atoms with Gasteiger partial charge in [-0.15, -0.1) is 0 Å². The van der Waals surface area contributed by atoms with Gasteiger partial charge in [-0.2, -0.15) is 0 Å². The Hall–Kier alpha value is -2.39. The molecule has 0 radical (unpaired) electrons. The Balaban J connectivity index is 1.59. The second-order valence-corrected chi connectivity index (χ2v) is 8.61. The highest BCUT2D eigenvalue weighted by atomic mass is 32.2. The molecule has 0 aliphatic carbocycles. The van der Waals surface area contributed by atoms with Crippen LogP contribution in [0.15, 0.2) is 42.5 Å². The van der Waals surface area contributed by atoms with Crippen LogP contribution in [-0.2, 0) is 20.6 Å². The minimum absolute atomic E-state index is 0.126. The lowest BCUT2D eigenvalue weighted by atomic mass is 9.97. The molecule has 1 fully saturated rings. The zero-order chi connectivity index (χ0) is 20.3. The Bertz CT molecular complexity index is 937. The maximum atomic E-state index is 13.7. The molecule has 0 spiro atoms. The average molecular weight is 412 g/mol. The highest BCUT2D eigenvalue weighted by molar-refractivity contribution is 7.88. The van der Waals surface area contributed by atoms with Crippen LogP contribution in [0.25, 0.3) is 0 Å². The minimum Gasteiger partial charge on any atom is -0.321 e. The summed E-state index contributed by atoms with van der Waals surface area (Å²) in [6.07, 6.45) is 0.481. The quantitative estimate of drug-likeness (QED) is 0.820. The van der Waals surface area contributed by atoms with Crippen LogP contribution in [0.4, 0.5) is 18.9 Å². The molecule has 1 N–H and O–H groups in total. The van der Waals surface area contributed by atoms with E-state index in [9.17, 15) is 26.4 Å². The van der Waals surface area contributed by atoms with Crippen LogP contribution in [0.5, 0.6) is 0 Å². The fourth-order valence-corrected chi connectivity index (χ4v) is 4.68. The number of piperidine rings is 1. The highest BCUT2D eigenvalue weighted by Gasteiger charge is 2.31. The van der Waals surface area contributed by atoms with E-state index in [-0.39, 0.29) is 31.7 Å². The van der Waals surface area contributed by atoms with Crippen molar-refractivity contribution in [2.24, 2.45) is 5.92 Å². The molecule has 1 saturated heterocycles.